The van der Waals surface area contributed by atoms with Gasteiger partial charge in [0.2, 0.25) is 5.91 Å². The number of nitrogens with one attached hydrogen (secondary N) is 2. The van der Waals surface area contributed by atoms with E-state index in [4.69, 9.17) is 0 Å². The lowest BCUT2D eigenvalue weighted by Crippen LogP contribution is -2.43. The van der Waals surface area contributed by atoms with Crippen LogP contribution in [0.15, 0.2) is 35.8 Å². The standard InChI is InChI=1S/C16H17FN4O2S/c17-12-2-1-3-13(10-12)19-16(23)21-7-4-11(5-8-21)14(22)20-15-18-6-9-24-15/h1-3,6,9-11H,4-5,7-8H2,(H,19,23)(H,18,20,22). The van der Waals surface area contributed by atoms with Gasteiger partial charge in [-0.25, -0.2) is 14.2 Å². The van der Waals surface area contributed by atoms with Crippen LogP contribution in [0.25, 0.3) is 0 Å². The lowest BCUT2D eigenvalue weighted by Gasteiger charge is -2.31. The number of carbonyl (C=O) groups excluding carboxylic acids is 2. The van der Waals surface area contributed by atoms with Gasteiger partial charge in [-0.1, -0.05) is 6.07 Å². The Morgan fingerprint density at radius 1 is 1.25 bits per heavy atom. The largest absolute Gasteiger partial charge is 0.324 e. The van der Waals surface area contributed by atoms with E-state index in [-0.39, 0.29) is 17.9 Å². The number of thiazole rings is 1. The Morgan fingerprint density at radius 3 is 2.71 bits per heavy atom. The third kappa shape index (κ3) is 4.08. The fourth-order valence-electron chi connectivity index (χ4n) is 2.61. The minimum absolute atomic E-state index is 0.0601. The molecule has 2 aromatic rings. The highest BCUT2D eigenvalue weighted by molar-refractivity contribution is 7.13. The molecule has 1 saturated heterocycles. The highest BCUT2D eigenvalue weighted by atomic mass is 32.1. The molecule has 0 radical (unpaired) electrons. The first-order valence-electron chi connectivity index (χ1n) is 7.63. The molecule has 3 amide bonds. The van der Waals surface area contributed by atoms with Crippen molar-refractivity contribution in [2.75, 3.05) is 23.7 Å². The van der Waals surface area contributed by atoms with Crippen molar-refractivity contribution in [2.24, 2.45) is 5.92 Å². The zero-order chi connectivity index (χ0) is 16.9. The molecule has 2 N–H and O–H groups in total. The first-order chi connectivity index (χ1) is 11.6. The molecule has 1 fully saturated rings. The van der Waals surface area contributed by atoms with E-state index in [1.54, 1.807) is 28.6 Å². The monoisotopic (exact) mass is 348 g/mol. The predicted molar refractivity (Wildman–Crippen MR) is 90.5 cm³/mol. The molecule has 126 valence electrons. The summed E-state index contributed by atoms with van der Waals surface area (Å²) in [6.45, 7) is 0.966. The van der Waals surface area contributed by atoms with Gasteiger partial charge in [0.05, 0.1) is 0 Å². The van der Waals surface area contributed by atoms with Crippen LogP contribution in [0.1, 0.15) is 12.8 Å². The molecular formula is C16H17FN4O2S. The Bertz CT molecular complexity index is 715. The molecule has 0 bridgehead atoms. The van der Waals surface area contributed by atoms with Crippen LogP contribution in [0.2, 0.25) is 0 Å². The highest BCUT2D eigenvalue weighted by Gasteiger charge is 2.27. The molecule has 1 aromatic heterocycles. The van der Waals surface area contributed by atoms with Crippen LogP contribution in [0.4, 0.5) is 20.0 Å². The molecular weight excluding hydrogens is 331 g/mol. The third-order valence-electron chi connectivity index (χ3n) is 3.89. The SMILES string of the molecule is O=C(Nc1nccs1)C1CCN(C(=O)Nc2cccc(F)c2)CC1. The summed E-state index contributed by atoms with van der Waals surface area (Å²) in [6.07, 6.45) is 2.82. The summed E-state index contributed by atoms with van der Waals surface area (Å²) in [5.74, 6) is -0.590. The van der Waals surface area contributed by atoms with Gasteiger partial charge in [-0.2, -0.15) is 0 Å². The minimum Gasteiger partial charge on any atom is -0.324 e. The number of likely N-dealkylation sites (tertiary alicyclic amines) is 1. The van der Waals surface area contributed by atoms with Crippen LogP contribution >= 0.6 is 11.3 Å². The number of amides is 3. The summed E-state index contributed by atoms with van der Waals surface area (Å²) in [5.41, 5.74) is 0.420. The van der Waals surface area contributed by atoms with Gasteiger partial charge in [0.15, 0.2) is 5.13 Å². The zero-order valence-corrected chi connectivity index (χ0v) is 13.7. The van der Waals surface area contributed by atoms with Gasteiger partial charge >= 0.3 is 6.03 Å². The Kier molecular flexibility index (Phi) is 5.05. The van der Waals surface area contributed by atoms with E-state index in [0.29, 0.717) is 36.8 Å². The number of rotatable bonds is 3. The molecule has 24 heavy (non-hydrogen) atoms. The van der Waals surface area contributed by atoms with E-state index in [0.717, 1.165) is 0 Å². The van der Waals surface area contributed by atoms with Crippen LogP contribution in [-0.2, 0) is 4.79 Å². The van der Waals surface area contributed by atoms with E-state index in [9.17, 15) is 14.0 Å². The predicted octanol–water partition coefficient (Wildman–Crippen LogP) is 3.16. The van der Waals surface area contributed by atoms with Crippen LogP contribution < -0.4 is 10.6 Å². The molecule has 6 nitrogen and oxygen atoms in total. The summed E-state index contributed by atoms with van der Waals surface area (Å²) in [6, 6.07) is 5.49. The van der Waals surface area contributed by atoms with Gasteiger partial charge in [0.25, 0.3) is 0 Å². The third-order valence-corrected chi connectivity index (χ3v) is 4.58. The van der Waals surface area contributed by atoms with Gasteiger partial charge in [0, 0.05) is 36.3 Å². The van der Waals surface area contributed by atoms with Crippen LogP contribution in [-0.4, -0.2) is 34.9 Å². The molecule has 3 rings (SSSR count). The number of nitrogens with zero attached hydrogens (tertiary/aromatic N) is 2. The van der Waals surface area contributed by atoms with Crippen LogP contribution in [0.5, 0.6) is 0 Å². The molecule has 1 aliphatic heterocycles. The quantitative estimate of drug-likeness (QED) is 0.895. The fourth-order valence-corrected chi connectivity index (χ4v) is 3.14. The summed E-state index contributed by atoms with van der Waals surface area (Å²) >= 11 is 1.37. The van der Waals surface area contributed by atoms with Crippen molar-refractivity contribution in [1.82, 2.24) is 9.88 Å². The maximum Gasteiger partial charge on any atom is 0.321 e. The molecule has 0 saturated carbocycles. The number of anilines is 2. The first kappa shape index (κ1) is 16.4. The maximum atomic E-state index is 13.1. The molecule has 0 atom stereocenters. The molecule has 0 aliphatic carbocycles. The van der Waals surface area contributed by atoms with E-state index in [2.05, 4.69) is 15.6 Å². The molecule has 1 aromatic carbocycles. The van der Waals surface area contributed by atoms with Crippen molar-refractivity contribution in [2.45, 2.75) is 12.8 Å². The molecule has 0 spiro atoms. The van der Waals surface area contributed by atoms with Crippen LogP contribution in [0, 0.1) is 11.7 Å². The maximum absolute atomic E-state index is 13.1. The van der Waals surface area contributed by atoms with Crippen molar-refractivity contribution >= 4 is 34.1 Å². The second kappa shape index (κ2) is 7.39. The van der Waals surface area contributed by atoms with E-state index in [1.807, 2.05) is 0 Å². The normalized spacial score (nSPS) is 15.1. The number of hydrogen-bond donors (Lipinski definition) is 2. The van der Waals surface area contributed by atoms with Crippen LogP contribution in [0.3, 0.4) is 0 Å². The lowest BCUT2D eigenvalue weighted by molar-refractivity contribution is -0.121. The number of halogens is 1. The zero-order valence-electron chi connectivity index (χ0n) is 12.9. The van der Waals surface area contributed by atoms with E-state index in [1.165, 1.54) is 23.5 Å². The summed E-state index contributed by atoms with van der Waals surface area (Å²) in [7, 11) is 0. The summed E-state index contributed by atoms with van der Waals surface area (Å²) in [4.78, 5) is 30.0. The second-order valence-electron chi connectivity index (χ2n) is 5.53. The van der Waals surface area contributed by atoms with Crippen molar-refractivity contribution in [3.05, 3.63) is 41.7 Å². The van der Waals surface area contributed by atoms with E-state index >= 15 is 0 Å². The Hall–Kier alpha value is -2.48. The van der Waals surface area contributed by atoms with Crippen molar-refractivity contribution in [3.8, 4) is 0 Å². The fraction of sp³-hybridized carbons (Fsp3) is 0.312. The van der Waals surface area contributed by atoms with Gasteiger partial charge in [-0.3, -0.25) is 4.79 Å². The highest BCUT2D eigenvalue weighted by Crippen LogP contribution is 2.21. The van der Waals surface area contributed by atoms with Gasteiger partial charge in [-0.05, 0) is 31.0 Å². The molecule has 0 unspecified atom stereocenters. The summed E-state index contributed by atoms with van der Waals surface area (Å²) < 4.78 is 13.1. The van der Waals surface area contributed by atoms with Gasteiger partial charge in [-0.15, -0.1) is 11.3 Å². The van der Waals surface area contributed by atoms with Crippen molar-refractivity contribution < 1.29 is 14.0 Å². The molecule has 1 aliphatic rings. The Balaban J connectivity index is 1.49. The topological polar surface area (TPSA) is 74.3 Å². The average Bonchev–Trinajstić information content (AvgIpc) is 3.08. The number of aromatic nitrogens is 1. The molecule has 8 heteroatoms. The van der Waals surface area contributed by atoms with E-state index < -0.39 is 5.82 Å². The number of hydrogen-bond acceptors (Lipinski definition) is 4. The summed E-state index contributed by atoms with van der Waals surface area (Å²) in [5, 5.41) is 7.85. The minimum atomic E-state index is -0.398. The second-order valence-corrected chi connectivity index (χ2v) is 6.42. The van der Waals surface area contributed by atoms with Crippen molar-refractivity contribution in [3.63, 3.8) is 0 Å². The Morgan fingerprint density at radius 2 is 2.04 bits per heavy atom. The number of piperidine rings is 1. The molecule has 2 heterocycles. The van der Waals surface area contributed by atoms with Gasteiger partial charge < -0.3 is 15.5 Å². The number of urea groups is 1. The number of carbonyl (C=O) groups is 2. The van der Waals surface area contributed by atoms with Gasteiger partial charge in [0.1, 0.15) is 5.82 Å². The lowest BCUT2D eigenvalue weighted by atomic mass is 9.96. The first-order valence-corrected chi connectivity index (χ1v) is 8.51. The Labute approximate surface area is 142 Å². The number of benzene rings is 1. The average molecular weight is 348 g/mol. The van der Waals surface area contributed by atoms with Crippen molar-refractivity contribution in [1.29, 1.82) is 0 Å². The smallest absolute Gasteiger partial charge is 0.321 e.